The van der Waals surface area contributed by atoms with Gasteiger partial charge in [-0.1, -0.05) is 0 Å². The second-order valence-electron chi connectivity index (χ2n) is 7.01. The number of hydrogen-bond donors (Lipinski definition) is 1. The number of aromatic nitrogens is 2. The molecule has 2 saturated heterocycles. The van der Waals surface area contributed by atoms with Crippen molar-refractivity contribution in [2.24, 2.45) is 5.92 Å². The Labute approximate surface area is 163 Å². The predicted molar refractivity (Wildman–Crippen MR) is 105 cm³/mol. The van der Waals surface area contributed by atoms with Crippen molar-refractivity contribution in [1.29, 1.82) is 0 Å². The number of methoxy groups -OCH3 is 2. The van der Waals surface area contributed by atoms with Gasteiger partial charge >= 0.3 is 0 Å². The van der Waals surface area contributed by atoms with Gasteiger partial charge in [0, 0.05) is 44.2 Å². The first-order valence-electron chi connectivity index (χ1n) is 9.41. The lowest BCUT2D eigenvalue weighted by atomic mass is 10.1. The lowest BCUT2D eigenvalue weighted by Crippen LogP contribution is -2.51. The van der Waals surface area contributed by atoms with E-state index in [4.69, 9.17) is 19.9 Å². The Balaban J connectivity index is 1.52. The van der Waals surface area contributed by atoms with Crippen LogP contribution in [-0.4, -0.2) is 74.4 Å². The van der Waals surface area contributed by atoms with E-state index in [1.807, 2.05) is 4.90 Å². The van der Waals surface area contributed by atoms with Crippen LogP contribution in [0, 0.1) is 5.92 Å². The molecule has 0 radical (unpaired) electrons. The number of nitrogen functional groups attached to an aromatic ring is 1. The van der Waals surface area contributed by atoms with Crippen LogP contribution in [-0.2, 0) is 9.53 Å². The van der Waals surface area contributed by atoms with Gasteiger partial charge < -0.3 is 29.7 Å². The van der Waals surface area contributed by atoms with Crippen LogP contribution in [0.25, 0.3) is 10.9 Å². The maximum absolute atomic E-state index is 12.6. The SMILES string of the molecule is COc1cc2nc(N3CCN(C(=O)C4CCOC4)CC3)nc(N)c2cc1OC. The number of amides is 1. The van der Waals surface area contributed by atoms with Crippen LogP contribution in [0.2, 0.25) is 0 Å². The van der Waals surface area contributed by atoms with Crippen molar-refractivity contribution in [2.45, 2.75) is 6.42 Å². The van der Waals surface area contributed by atoms with Crippen LogP contribution in [0.15, 0.2) is 12.1 Å². The van der Waals surface area contributed by atoms with Gasteiger partial charge in [0.1, 0.15) is 5.82 Å². The highest BCUT2D eigenvalue weighted by Crippen LogP contribution is 2.34. The van der Waals surface area contributed by atoms with Crippen molar-refractivity contribution in [2.75, 3.05) is 64.2 Å². The molecule has 1 unspecified atom stereocenters. The summed E-state index contributed by atoms with van der Waals surface area (Å²) >= 11 is 0. The number of hydrogen-bond acceptors (Lipinski definition) is 8. The van der Waals surface area contributed by atoms with Crippen molar-refractivity contribution in [3.8, 4) is 11.5 Å². The molecule has 9 heteroatoms. The van der Waals surface area contributed by atoms with Crippen molar-refractivity contribution < 1.29 is 19.0 Å². The fraction of sp³-hybridized carbons (Fsp3) is 0.526. The van der Waals surface area contributed by atoms with Crippen molar-refractivity contribution in [3.05, 3.63) is 12.1 Å². The lowest BCUT2D eigenvalue weighted by molar-refractivity contribution is -0.135. The van der Waals surface area contributed by atoms with E-state index in [1.165, 1.54) is 0 Å². The molecule has 150 valence electrons. The van der Waals surface area contributed by atoms with Gasteiger partial charge in [0.05, 0.1) is 32.3 Å². The normalized spacial score (nSPS) is 19.9. The Hall–Kier alpha value is -2.81. The lowest BCUT2D eigenvalue weighted by Gasteiger charge is -2.35. The summed E-state index contributed by atoms with van der Waals surface area (Å²) in [7, 11) is 3.16. The Morgan fingerprint density at radius 3 is 2.50 bits per heavy atom. The molecule has 0 spiro atoms. The minimum atomic E-state index is 0.00144. The Morgan fingerprint density at radius 2 is 1.86 bits per heavy atom. The highest BCUT2D eigenvalue weighted by atomic mass is 16.5. The monoisotopic (exact) mass is 387 g/mol. The number of rotatable bonds is 4. The molecule has 2 fully saturated rings. The first-order chi connectivity index (χ1) is 13.6. The fourth-order valence-electron chi connectivity index (χ4n) is 3.72. The Morgan fingerprint density at radius 1 is 1.14 bits per heavy atom. The maximum Gasteiger partial charge on any atom is 0.228 e. The molecule has 0 bridgehead atoms. The zero-order valence-corrected chi connectivity index (χ0v) is 16.2. The van der Waals surface area contributed by atoms with Crippen molar-refractivity contribution in [3.63, 3.8) is 0 Å². The van der Waals surface area contributed by atoms with Crippen molar-refractivity contribution in [1.82, 2.24) is 14.9 Å². The standard InChI is InChI=1S/C19H25N5O4/c1-26-15-9-13-14(10-16(15)27-2)21-19(22-17(13)20)24-6-4-23(5-7-24)18(25)12-3-8-28-11-12/h9-10,12H,3-8,11H2,1-2H3,(H2,20,21,22). The van der Waals surface area contributed by atoms with Gasteiger partial charge in [-0.2, -0.15) is 4.98 Å². The summed E-state index contributed by atoms with van der Waals surface area (Å²) in [5, 5.41) is 0.719. The van der Waals surface area contributed by atoms with E-state index in [-0.39, 0.29) is 11.8 Å². The average molecular weight is 387 g/mol. The quantitative estimate of drug-likeness (QED) is 0.826. The Kier molecular flexibility index (Phi) is 5.08. The van der Waals surface area contributed by atoms with E-state index in [9.17, 15) is 4.79 Å². The van der Waals surface area contributed by atoms with Gasteiger partial charge in [-0.3, -0.25) is 4.79 Å². The number of carbonyl (C=O) groups excluding carboxylic acids is 1. The molecule has 1 aromatic heterocycles. The fourth-order valence-corrected chi connectivity index (χ4v) is 3.72. The highest BCUT2D eigenvalue weighted by molar-refractivity contribution is 5.91. The average Bonchev–Trinajstić information content (AvgIpc) is 3.27. The summed E-state index contributed by atoms with van der Waals surface area (Å²) in [6, 6.07) is 3.59. The van der Waals surface area contributed by atoms with Crippen LogP contribution in [0.5, 0.6) is 11.5 Å². The molecule has 2 N–H and O–H groups in total. The van der Waals surface area contributed by atoms with Crippen LogP contribution in [0.1, 0.15) is 6.42 Å². The molecular formula is C19H25N5O4. The number of fused-ring (bicyclic) bond motifs is 1. The molecule has 1 amide bonds. The summed E-state index contributed by atoms with van der Waals surface area (Å²) < 4.78 is 16.0. The second kappa shape index (κ2) is 7.67. The molecule has 2 aromatic rings. The molecule has 28 heavy (non-hydrogen) atoms. The maximum atomic E-state index is 12.6. The number of piperazine rings is 1. The number of nitrogens with two attached hydrogens (primary N) is 1. The number of benzene rings is 1. The highest BCUT2D eigenvalue weighted by Gasteiger charge is 2.30. The third kappa shape index (κ3) is 3.37. The van der Waals surface area contributed by atoms with E-state index < -0.39 is 0 Å². The molecule has 9 nitrogen and oxygen atoms in total. The van der Waals surface area contributed by atoms with Crippen LogP contribution < -0.4 is 20.1 Å². The summed E-state index contributed by atoms with van der Waals surface area (Å²) in [6.45, 7) is 3.82. The molecule has 2 aliphatic rings. The van der Waals surface area contributed by atoms with E-state index >= 15 is 0 Å². The smallest absolute Gasteiger partial charge is 0.228 e. The minimum Gasteiger partial charge on any atom is -0.493 e. The largest absolute Gasteiger partial charge is 0.493 e. The zero-order valence-electron chi connectivity index (χ0n) is 16.2. The number of nitrogens with zero attached hydrogens (tertiary/aromatic N) is 4. The number of carbonyl (C=O) groups is 1. The number of ether oxygens (including phenoxy) is 3. The summed E-state index contributed by atoms with van der Waals surface area (Å²) in [4.78, 5) is 25.7. The van der Waals surface area contributed by atoms with Crippen LogP contribution in [0.3, 0.4) is 0 Å². The summed E-state index contributed by atoms with van der Waals surface area (Å²) in [6.07, 6.45) is 0.814. The molecule has 1 atom stereocenters. The molecular weight excluding hydrogens is 362 g/mol. The van der Waals surface area contributed by atoms with Gasteiger partial charge in [-0.05, 0) is 12.5 Å². The van der Waals surface area contributed by atoms with Gasteiger partial charge in [0.25, 0.3) is 0 Å². The van der Waals surface area contributed by atoms with Gasteiger partial charge in [0.15, 0.2) is 11.5 Å². The Bertz CT molecular complexity index is 876. The van der Waals surface area contributed by atoms with Crippen LogP contribution >= 0.6 is 0 Å². The van der Waals surface area contributed by atoms with E-state index in [0.29, 0.717) is 68.2 Å². The third-order valence-electron chi connectivity index (χ3n) is 5.37. The molecule has 4 rings (SSSR count). The summed E-state index contributed by atoms with van der Waals surface area (Å²) in [5.74, 6) is 2.32. The van der Waals surface area contributed by atoms with Crippen molar-refractivity contribution >= 4 is 28.6 Å². The second-order valence-corrected chi connectivity index (χ2v) is 7.01. The zero-order chi connectivity index (χ0) is 19.7. The van der Waals surface area contributed by atoms with Gasteiger partial charge in [-0.15, -0.1) is 0 Å². The summed E-state index contributed by atoms with van der Waals surface area (Å²) in [5.41, 5.74) is 6.88. The first kappa shape index (κ1) is 18.5. The van der Waals surface area contributed by atoms with E-state index in [0.717, 1.165) is 11.8 Å². The van der Waals surface area contributed by atoms with Crippen LogP contribution in [0.4, 0.5) is 11.8 Å². The van der Waals surface area contributed by atoms with E-state index in [1.54, 1.807) is 26.4 Å². The molecule has 0 saturated carbocycles. The molecule has 0 aliphatic carbocycles. The van der Waals surface area contributed by atoms with Gasteiger partial charge in [-0.25, -0.2) is 4.98 Å². The first-order valence-corrected chi connectivity index (χ1v) is 9.41. The van der Waals surface area contributed by atoms with Gasteiger partial charge in [0.2, 0.25) is 11.9 Å². The molecule has 2 aliphatic heterocycles. The molecule has 3 heterocycles. The third-order valence-corrected chi connectivity index (χ3v) is 5.37. The predicted octanol–water partition coefficient (Wildman–Crippen LogP) is 0.914. The molecule has 1 aromatic carbocycles. The number of anilines is 2. The minimum absolute atomic E-state index is 0.00144. The van der Waals surface area contributed by atoms with E-state index in [2.05, 4.69) is 14.9 Å². The topological polar surface area (TPSA) is 103 Å².